The van der Waals surface area contributed by atoms with Crippen LogP contribution in [0.15, 0.2) is 24.3 Å². The second-order valence-corrected chi connectivity index (χ2v) is 6.74. The van der Waals surface area contributed by atoms with Gasteiger partial charge in [0.25, 0.3) is 0 Å². The Bertz CT molecular complexity index is 563. The van der Waals surface area contributed by atoms with Crippen molar-refractivity contribution in [2.45, 2.75) is 58.8 Å². The number of carbonyl (C=O) groups excluding carboxylic acids is 2. The number of amides is 1. The van der Waals surface area contributed by atoms with Crippen LogP contribution in [0, 0.1) is 0 Å². The van der Waals surface area contributed by atoms with Gasteiger partial charge >= 0.3 is 12.1 Å². The van der Waals surface area contributed by atoms with Gasteiger partial charge in [0.05, 0.1) is 13.2 Å². The Morgan fingerprint density at radius 1 is 1.21 bits per heavy atom. The fourth-order valence-electron chi connectivity index (χ4n) is 1.99. The summed E-state index contributed by atoms with van der Waals surface area (Å²) in [5, 5.41) is 2.59. The van der Waals surface area contributed by atoms with Crippen LogP contribution in [0.4, 0.5) is 4.79 Å². The summed E-state index contributed by atoms with van der Waals surface area (Å²) in [4.78, 5) is 24.3. The maximum absolute atomic E-state index is 12.3. The van der Waals surface area contributed by atoms with Crippen molar-refractivity contribution in [2.24, 2.45) is 0 Å². The molecule has 24 heavy (non-hydrogen) atoms. The molecule has 0 saturated carbocycles. The van der Waals surface area contributed by atoms with Gasteiger partial charge in [0.15, 0.2) is 0 Å². The van der Waals surface area contributed by atoms with Gasteiger partial charge in [-0.1, -0.05) is 12.1 Å². The number of benzene rings is 1. The zero-order valence-corrected chi connectivity index (χ0v) is 15.2. The number of hydrogen-bond donors (Lipinski definition) is 1. The van der Waals surface area contributed by atoms with Crippen molar-refractivity contribution >= 4 is 12.1 Å². The Kier molecular flexibility index (Phi) is 7.07. The number of nitrogens with one attached hydrogen (secondary N) is 1. The number of carbonyl (C=O) groups is 2. The van der Waals surface area contributed by atoms with Gasteiger partial charge in [0.1, 0.15) is 17.4 Å². The Labute approximate surface area is 143 Å². The standard InChI is InChI=1S/C18H27NO5/c1-12(2)23-16(20)15(19-17(21)24-18(3,4)5)11-13-8-7-9-14(10-13)22-6/h7-10,12,15H,11H2,1-6H3,(H,19,21)/t15-/m1/s1. The second kappa shape index (κ2) is 8.57. The van der Waals surface area contributed by atoms with Gasteiger partial charge in [-0.05, 0) is 52.3 Å². The molecule has 0 aliphatic heterocycles. The van der Waals surface area contributed by atoms with E-state index in [0.29, 0.717) is 5.75 Å². The molecule has 134 valence electrons. The minimum atomic E-state index is -0.839. The highest BCUT2D eigenvalue weighted by Crippen LogP contribution is 2.15. The Hall–Kier alpha value is -2.24. The molecule has 0 aromatic heterocycles. The summed E-state index contributed by atoms with van der Waals surface area (Å²) in [6, 6.07) is 6.47. The predicted octanol–water partition coefficient (Wildman–Crippen LogP) is 3.08. The molecule has 1 aromatic rings. The van der Waals surface area contributed by atoms with Crippen LogP contribution in [0.25, 0.3) is 0 Å². The first-order valence-electron chi connectivity index (χ1n) is 7.93. The third-order valence-corrected chi connectivity index (χ3v) is 2.90. The SMILES string of the molecule is COc1cccc(C[C@@H](NC(=O)OC(C)(C)C)C(=O)OC(C)C)c1. The number of hydrogen-bond acceptors (Lipinski definition) is 5. The maximum Gasteiger partial charge on any atom is 0.408 e. The molecule has 0 radical (unpaired) electrons. The highest BCUT2D eigenvalue weighted by Gasteiger charge is 2.26. The van der Waals surface area contributed by atoms with Gasteiger partial charge in [-0.3, -0.25) is 0 Å². The third-order valence-electron chi connectivity index (χ3n) is 2.90. The van der Waals surface area contributed by atoms with E-state index in [2.05, 4.69) is 5.32 Å². The van der Waals surface area contributed by atoms with E-state index in [1.54, 1.807) is 41.7 Å². The number of ether oxygens (including phenoxy) is 3. The van der Waals surface area contributed by atoms with Gasteiger partial charge in [-0.25, -0.2) is 9.59 Å². The van der Waals surface area contributed by atoms with Crippen molar-refractivity contribution < 1.29 is 23.8 Å². The molecule has 1 amide bonds. The third kappa shape index (κ3) is 7.35. The van der Waals surface area contributed by atoms with Crippen molar-refractivity contribution in [2.75, 3.05) is 7.11 Å². The minimum Gasteiger partial charge on any atom is -0.497 e. The van der Waals surface area contributed by atoms with E-state index in [1.165, 1.54) is 0 Å². The molecule has 1 N–H and O–H groups in total. The molecule has 0 heterocycles. The summed E-state index contributed by atoms with van der Waals surface area (Å²) in [5.41, 5.74) is 0.197. The molecule has 0 bridgehead atoms. The first kappa shape index (κ1) is 19.8. The van der Waals surface area contributed by atoms with E-state index < -0.39 is 23.7 Å². The summed E-state index contributed by atoms with van der Waals surface area (Å²) in [7, 11) is 1.57. The topological polar surface area (TPSA) is 73.9 Å². The van der Waals surface area contributed by atoms with Crippen molar-refractivity contribution in [1.29, 1.82) is 0 Å². The molecule has 0 aliphatic carbocycles. The first-order valence-corrected chi connectivity index (χ1v) is 7.93. The largest absolute Gasteiger partial charge is 0.497 e. The summed E-state index contributed by atoms with van der Waals surface area (Å²) in [5.74, 6) is 0.180. The predicted molar refractivity (Wildman–Crippen MR) is 91.1 cm³/mol. The van der Waals surface area contributed by atoms with E-state index in [4.69, 9.17) is 14.2 Å². The molecule has 0 saturated heterocycles. The van der Waals surface area contributed by atoms with Gasteiger partial charge < -0.3 is 19.5 Å². The van der Waals surface area contributed by atoms with Crippen LogP contribution in [0.5, 0.6) is 5.75 Å². The zero-order chi connectivity index (χ0) is 18.3. The van der Waals surface area contributed by atoms with E-state index in [-0.39, 0.29) is 12.5 Å². The molecule has 0 aliphatic rings. The highest BCUT2D eigenvalue weighted by molar-refractivity contribution is 5.81. The van der Waals surface area contributed by atoms with Crippen molar-refractivity contribution in [3.63, 3.8) is 0 Å². The molecule has 6 nitrogen and oxygen atoms in total. The lowest BCUT2D eigenvalue weighted by Gasteiger charge is -2.23. The van der Waals surface area contributed by atoms with Gasteiger partial charge in [-0.15, -0.1) is 0 Å². The summed E-state index contributed by atoms with van der Waals surface area (Å²) in [6.07, 6.45) is -0.649. The molecule has 0 unspecified atom stereocenters. The van der Waals surface area contributed by atoms with Crippen LogP contribution in [0.2, 0.25) is 0 Å². The van der Waals surface area contributed by atoms with E-state index in [0.717, 1.165) is 5.56 Å². The average Bonchev–Trinajstić information content (AvgIpc) is 2.44. The van der Waals surface area contributed by atoms with Crippen LogP contribution in [0.1, 0.15) is 40.2 Å². The fourth-order valence-corrected chi connectivity index (χ4v) is 1.99. The van der Waals surface area contributed by atoms with Crippen molar-refractivity contribution in [3.8, 4) is 5.75 Å². The van der Waals surface area contributed by atoms with Crippen LogP contribution in [0.3, 0.4) is 0 Å². The molecule has 0 fully saturated rings. The molecular formula is C18H27NO5. The average molecular weight is 337 g/mol. The van der Waals surface area contributed by atoms with E-state index in [1.807, 2.05) is 24.3 Å². The molecule has 0 spiro atoms. The van der Waals surface area contributed by atoms with Crippen LogP contribution < -0.4 is 10.1 Å². The summed E-state index contributed by atoms with van der Waals surface area (Å²) < 4.78 is 15.6. The summed E-state index contributed by atoms with van der Waals surface area (Å²) in [6.45, 7) is 8.80. The molecule has 1 rings (SSSR count). The molecule has 6 heteroatoms. The van der Waals surface area contributed by atoms with Gasteiger partial charge in [0.2, 0.25) is 0 Å². The quantitative estimate of drug-likeness (QED) is 0.808. The van der Waals surface area contributed by atoms with Crippen LogP contribution in [-0.4, -0.2) is 36.9 Å². The number of rotatable bonds is 6. The number of methoxy groups -OCH3 is 1. The smallest absolute Gasteiger partial charge is 0.408 e. The summed E-state index contributed by atoms with van der Waals surface area (Å²) >= 11 is 0. The molecule has 1 atom stereocenters. The second-order valence-electron chi connectivity index (χ2n) is 6.74. The Morgan fingerprint density at radius 3 is 2.42 bits per heavy atom. The van der Waals surface area contributed by atoms with Crippen molar-refractivity contribution in [1.82, 2.24) is 5.32 Å². The minimum absolute atomic E-state index is 0.272. The van der Waals surface area contributed by atoms with Crippen LogP contribution in [-0.2, 0) is 20.7 Å². The van der Waals surface area contributed by atoms with Crippen molar-refractivity contribution in [3.05, 3.63) is 29.8 Å². The lowest BCUT2D eigenvalue weighted by atomic mass is 10.1. The molecule has 1 aromatic carbocycles. The molecular weight excluding hydrogens is 310 g/mol. The zero-order valence-electron chi connectivity index (χ0n) is 15.2. The lowest BCUT2D eigenvalue weighted by molar-refractivity contribution is -0.149. The van der Waals surface area contributed by atoms with Gasteiger partial charge in [0, 0.05) is 6.42 Å². The normalized spacial score (nSPS) is 12.5. The number of esters is 1. The Balaban J connectivity index is 2.88. The van der Waals surface area contributed by atoms with Crippen LogP contribution >= 0.6 is 0 Å². The maximum atomic E-state index is 12.3. The first-order chi connectivity index (χ1) is 11.1. The van der Waals surface area contributed by atoms with E-state index in [9.17, 15) is 9.59 Å². The van der Waals surface area contributed by atoms with Gasteiger partial charge in [-0.2, -0.15) is 0 Å². The number of alkyl carbamates (subject to hydrolysis) is 1. The lowest BCUT2D eigenvalue weighted by Crippen LogP contribution is -2.46. The van der Waals surface area contributed by atoms with E-state index >= 15 is 0 Å². The highest BCUT2D eigenvalue weighted by atomic mass is 16.6. The monoisotopic (exact) mass is 337 g/mol. The Morgan fingerprint density at radius 2 is 1.88 bits per heavy atom. The fraction of sp³-hybridized carbons (Fsp3) is 0.556.